The highest BCUT2D eigenvalue weighted by Crippen LogP contribution is 2.00. The molecule has 0 saturated heterocycles. The van der Waals surface area contributed by atoms with Gasteiger partial charge in [-0.15, -0.1) is 0 Å². The number of carbonyl (C=O) groups excluding carboxylic acids is 1. The van der Waals surface area contributed by atoms with Crippen molar-refractivity contribution in [2.24, 2.45) is 5.16 Å². The molecule has 104 valence electrons. The smallest absolute Gasteiger partial charge is 0.344 e. The van der Waals surface area contributed by atoms with Gasteiger partial charge < -0.3 is 14.8 Å². The summed E-state index contributed by atoms with van der Waals surface area (Å²) in [5.41, 5.74) is 1.22. The Hall–Kier alpha value is -1.95. The molecule has 0 aromatic carbocycles. The van der Waals surface area contributed by atoms with E-state index in [1.54, 1.807) is 25.3 Å². The fourth-order valence-electron chi connectivity index (χ4n) is 1.61. The zero-order valence-corrected chi connectivity index (χ0v) is 11.6. The molecule has 1 aromatic rings. The van der Waals surface area contributed by atoms with Crippen LogP contribution in [0.4, 0.5) is 0 Å². The van der Waals surface area contributed by atoms with Gasteiger partial charge in [-0.1, -0.05) is 5.16 Å². The van der Waals surface area contributed by atoms with E-state index in [1.807, 2.05) is 4.57 Å². The van der Waals surface area contributed by atoms with Crippen molar-refractivity contribution in [3.63, 3.8) is 0 Å². The second kappa shape index (κ2) is 7.48. The third-order valence-electron chi connectivity index (χ3n) is 2.61. The van der Waals surface area contributed by atoms with Crippen molar-refractivity contribution in [1.29, 1.82) is 0 Å². The van der Waals surface area contributed by atoms with E-state index in [1.165, 1.54) is 11.1 Å². The third-order valence-corrected chi connectivity index (χ3v) is 2.61. The summed E-state index contributed by atoms with van der Waals surface area (Å²) in [6, 6.07) is 3.39. The Kier molecular flexibility index (Phi) is 5.95. The summed E-state index contributed by atoms with van der Waals surface area (Å²) in [5, 5.41) is 11.7. The molecule has 1 heterocycles. The average molecular weight is 267 g/mol. The van der Waals surface area contributed by atoms with Crippen molar-refractivity contribution in [2.75, 3.05) is 27.2 Å². The van der Waals surface area contributed by atoms with Gasteiger partial charge in [0.2, 0.25) is 5.69 Å². The quantitative estimate of drug-likeness (QED) is 0.231. The molecule has 2 N–H and O–H groups in total. The lowest BCUT2D eigenvalue weighted by Gasteiger charge is -2.06. The third kappa shape index (κ3) is 4.67. The number of nitrogens with one attached hydrogen (secondary N) is 1. The molecule has 0 aliphatic rings. The number of aromatic nitrogens is 1. The number of pyridine rings is 1. The molecule has 0 saturated carbocycles. The largest absolute Gasteiger partial charge is 0.462 e. The molecule has 19 heavy (non-hydrogen) atoms. The van der Waals surface area contributed by atoms with Gasteiger partial charge in [-0.05, 0) is 13.0 Å². The normalized spacial score (nSPS) is 11.2. The SMILES string of the molecule is CCOC(=O)c1ccc(/C=N\O)[n+](CC[NH+](C)C)c1. The lowest BCUT2D eigenvalue weighted by atomic mass is 10.2. The van der Waals surface area contributed by atoms with Crippen molar-refractivity contribution >= 4 is 12.2 Å². The lowest BCUT2D eigenvalue weighted by molar-refractivity contribution is -0.883. The van der Waals surface area contributed by atoms with Crippen molar-refractivity contribution in [1.82, 2.24) is 0 Å². The fourth-order valence-corrected chi connectivity index (χ4v) is 1.61. The van der Waals surface area contributed by atoms with Crippen LogP contribution >= 0.6 is 0 Å². The molecule has 0 bridgehead atoms. The Morgan fingerprint density at radius 2 is 2.26 bits per heavy atom. The fraction of sp³-hybridized carbons (Fsp3) is 0.462. The number of quaternary nitrogens is 1. The van der Waals surface area contributed by atoms with Gasteiger partial charge in [0, 0.05) is 6.07 Å². The molecule has 0 radical (unpaired) electrons. The summed E-state index contributed by atoms with van der Waals surface area (Å²) in [4.78, 5) is 13.0. The molecular weight excluding hydrogens is 246 g/mol. The van der Waals surface area contributed by atoms with Gasteiger partial charge in [0.1, 0.15) is 18.3 Å². The molecule has 0 unspecified atom stereocenters. The zero-order chi connectivity index (χ0) is 14.3. The number of hydrogen-bond donors (Lipinski definition) is 2. The van der Waals surface area contributed by atoms with Gasteiger partial charge in [-0.3, -0.25) is 0 Å². The maximum absolute atomic E-state index is 11.7. The number of oxime groups is 1. The Morgan fingerprint density at radius 3 is 2.84 bits per heavy atom. The van der Waals surface area contributed by atoms with Crippen LogP contribution in [0.1, 0.15) is 23.0 Å². The summed E-state index contributed by atoms with van der Waals surface area (Å²) in [7, 11) is 4.10. The minimum absolute atomic E-state index is 0.346. The predicted octanol–water partition coefficient (Wildman–Crippen LogP) is -0.897. The number of ether oxygens (including phenoxy) is 1. The molecular formula is C13H21N3O3+2. The minimum Gasteiger partial charge on any atom is -0.462 e. The van der Waals surface area contributed by atoms with Gasteiger partial charge in [0.25, 0.3) is 0 Å². The number of esters is 1. The molecule has 0 fully saturated rings. The molecule has 6 heteroatoms. The van der Waals surface area contributed by atoms with Crippen LogP contribution < -0.4 is 9.47 Å². The summed E-state index contributed by atoms with van der Waals surface area (Å²) < 4.78 is 6.84. The Morgan fingerprint density at radius 1 is 1.53 bits per heavy atom. The molecule has 0 amide bonds. The number of hydrogen-bond acceptors (Lipinski definition) is 4. The molecule has 1 rings (SSSR count). The summed E-state index contributed by atoms with van der Waals surface area (Å²) in [6.45, 7) is 3.73. The van der Waals surface area contributed by atoms with Crippen LogP contribution in [-0.4, -0.2) is 44.6 Å². The maximum atomic E-state index is 11.7. The Balaban J connectivity index is 2.99. The monoisotopic (exact) mass is 267 g/mol. The van der Waals surface area contributed by atoms with Crippen LogP contribution in [0.5, 0.6) is 0 Å². The van der Waals surface area contributed by atoms with E-state index in [2.05, 4.69) is 19.3 Å². The van der Waals surface area contributed by atoms with Gasteiger partial charge >= 0.3 is 5.97 Å². The molecule has 0 aliphatic heterocycles. The second-order valence-electron chi connectivity index (χ2n) is 4.46. The van der Waals surface area contributed by atoms with Crippen LogP contribution in [0.2, 0.25) is 0 Å². The first-order valence-electron chi connectivity index (χ1n) is 6.25. The Bertz CT molecular complexity index is 458. The molecule has 1 aromatic heterocycles. The summed E-state index contributed by atoms with van der Waals surface area (Å²) in [5.74, 6) is -0.346. The van der Waals surface area contributed by atoms with Crippen LogP contribution in [-0.2, 0) is 11.3 Å². The Labute approximate surface area is 112 Å². The number of carbonyl (C=O) groups is 1. The topological polar surface area (TPSA) is 67.2 Å². The van der Waals surface area contributed by atoms with Gasteiger partial charge in [0.15, 0.2) is 12.7 Å². The van der Waals surface area contributed by atoms with Crippen molar-refractivity contribution in [3.8, 4) is 0 Å². The summed E-state index contributed by atoms with van der Waals surface area (Å²) >= 11 is 0. The highest BCUT2D eigenvalue weighted by Gasteiger charge is 2.16. The van der Waals surface area contributed by atoms with Gasteiger partial charge in [-0.25, -0.2) is 4.79 Å². The first-order valence-corrected chi connectivity index (χ1v) is 6.25. The standard InChI is InChI=1S/C13H19N3O3/c1-4-19-13(17)11-5-6-12(9-14-18)16(10-11)8-7-15(2)3/h5-6,9-10H,4,7-8H2,1-3H3/p+2. The maximum Gasteiger partial charge on any atom is 0.344 e. The van der Waals surface area contributed by atoms with E-state index in [0.717, 1.165) is 18.8 Å². The molecule has 0 aliphatic carbocycles. The molecule has 0 spiro atoms. The summed E-state index contributed by atoms with van der Waals surface area (Å²) in [6.07, 6.45) is 3.07. The zero-order valence-electron chi connectivity index (χ0n) is 11.6. The predicted molar refractivity (Wildman–Crippen MR) is 69.7 cm³/mol. The number of rotatable bonds is 6. The van der Waals surface area contributed by atoms with Crippen molar-refractivity contribution in [3.05, 3.63) is 29.6 Å². The number of nitrogens with zero attached hydrogens (tertiary/aromatic N) is 2. The first kappa shape index (κ1) is 15.1. The van der Waals surface area contributed by atoms with Crippen molar-refractivity contribution < 1.29 is 24.2 Å². The van der Waals surface area contributed by atoms with E-state index in [9.17, 15) is 4.79 Å². The molecule has 6 nitrogen and oxygen atoms in total. The van der Waals surface area contributed by atoms with Crippen LogP contribution in [0.25, 0.3) is 0 Å². The minimum atomic E-state index is -0.346. The van der Waals surface area contributed by atoms with Gasteiger partial charge in [-0.2, -0.15) is 4.57 Å². The average Bonchev–Trinajstić information content (AvgIpc) is 2.38. The highest BCUT2D eigenvalue weighted by atomic mass is 16.5. The second-order valence-corrected chi connectivity index (χ2v) is 4.46. The van der Waals surface area contributed by atoms with Crippen molar-refractivity contribution in [2.45, 2.75) is 13.5 Å². The molecule has 0 atom stereocenters. The van der Waals surface area contributed by atoms with Crippen LogP contribution in [0, 0.1) is 0 Å². The first-order chi connectivity index (χ1) is 9.08. The van der Waals surface area contributed by atoms with Crippen LogP contribution in [0.15, 0.2) is 23.5 Å². The number of likely N-dealkylation sites (N-methyl/N-ethyl adjacent to an activating group) is 1. The van der Waals surface area contributed by atoms with Gasteiger partial charge in [0.05, 0.1) is 20.7 Å². The van der Waals surface area contributed by atoms with E-state index in [4.69, 9.17) is 9.94 Å². The van der Waals surface area contributed by atoms with Crippen LogP contribution in [0.3, 0.4) is 0 Å². The van der Waals surface area contributed by atoms with E-state index >= 15 is 0 Å². The van der Waals surface area contributed by atoms with E-state index in [0.29, 0.717) is 12.2 Å². The van der Waals surface area contributed by atoms with E-state index < -0.39 is 0 Å². The highest BCUT2D eigenvalue weighted by molar-refractivity contribution is 5.89. The van der Waals surface area contributed by atoms with E-state index in [-0.39, 0.29) is 5.97 Å². The lowest BCUT2D eigenvalue weighted by Crippen LogP contribution is -3.06.